The quantitative estimate of drug-likeness (QED) is 0.781. The Hall–Kier alpha value is -1.36. The minimum absolute atomic E-state index is 0.190. The molecule has 0 N–H and O–H groups in total. The van der Waals surface area contributed by atoms with E-state index in [1.54, 1.807) is 18.2 Å². The molecule has 1 aliphatic heterocycles. The van der Waals surface area contributed by atoms with Crippen molar-refractivity contribution in [1.29, 1.82) is 0 Å². The number of benzene rings is 1. The van der Waals surface area contributed by atoms with Crippen molar-refractivity contribution >= 4 is 15.8 Å². The van der Waals surface area contributed by atoms with Gasteiger partial charge < -0.3 is 4.74 Å². The van der Waals surface area contributed by atoms with E-state index < -0.39 is 21.1 Å². The van der Waals surface area contributed by atoms with Crippen molar-refractivity contribution in [2.75, 3.05) is 6.61 Å². The highest BCUT2D eigenvalue weighted by Gasteiger charge is 2.46. The van der Waals surface area contributed by atoms with E-state index in [1.807, 2.05) is 6.92 Å². The third kappa shape index (κ3) is 2.27. The third-order valence-corrected chi connectivity index (χ3v) is 5.34. The number of hydrogen-bond donors (Lipinski definition) is 0. The maximum absolute atomic E-state index is 12.4. The Bertz CT molecular complexity index is 521. The second kappa shape index (κ2) is 5.10. The molecule has 0 aromatic heterocycles. The Labute approximate surface area is 107 Å². The van der Waals surface area contributed by atoms with Gasteiger partial charge in [0.15, 0.2) is 15.1 Å². The van der Waals surface area contributed by atoms with Crippen molar-refractivity contribution in [2.45, 2.75) is 29.9 Å². The molecule has 1 aromatic carbocycles. The molecule has 0 saturated carbocycles. The molecule has 1 aliphatic rings. The predicted molar refractivity (Wildman–Crippen MR) is 66.8 cm³/mol. The first-order valence-corrected chi connectivity index (χ1v) is 7.57. The molecule has 1 heterocycles. The van der Waals surface area contributed by atoms with Gasteiger partial charge in [0.2, 0.25) is 0 Å². The van der Waals surface area contributed by atoms with Crippen LogP contribution in [-0.4, -0.2) is 26.2 Å². The zero-order chi connectivity index (χ0) is 13.2. The Kier molecular flexibility index (Phi) is 3.71. The number of cyclic esters (lactones) is 1. The molecule has 0 bridgehead atoms. The average Bonchev–Trinajstić information content (AvgIpc) is 2.73. The summed E-state index contributed by atoms with van der Waals surface area (Å²) in [6.45, 7) is 2.18. The molecule has 1 aromatic rings. The van der Waals surface area contributed by atoms with Gasteiger partial charge in [-0.05, 0) is 18.6 Å². The lowest BCUT2D eigenvalue weighted by Gasteiger charge is -2.14. The molecule has 0 amide bonds. The van der Waals surface area contributed by atoms with E-state index in [-0.39, 0.29) is 17.4 Å². The summed E-state index contributed by atoms with van der Waals surface area (Å²) in [6.07, 6.45) is 1.52. The third-order valence-electron chi connectivity index (χ3n) is 3.17. The van der Waals surface area contributed by atoms with Crippen LogP contribution < -0.4 is 0 Å². The lowest BCUT2D eigenvalue weighted by Crippen LogP contribution is -2.32. The van der Waals surface area contributed by atoms with E-state index in [4.69, 9.17) is 4.74 Å². The van der Waals surface area contributed by atoms with Crippen LogP contribution in [0.2, 0.25) is 0 Å². The molecule has 1 fully saturated rings. The highest BCUT2D eigenvalue weighted by atomic mass is 32.2. The van der Waals surface area contributed by atoms with Crippen LogP contribution in [0.15, 0.2) is 35.2 Å². The first-order chi connectivity index (χ1) is 8.57. The van der Waals surface area contributed by atoms with E-state index in [0.29, 0.717) is 6.42 Å². The highest BCUT2D eigenvalue weighted by molar-refractivity contribution is 7.92. The average molecular weight is 268 g/mol. The molecule has 0 radical (unpaired) electrons. The second-order valence-electron chi connectivity index (χ2n) is 4.46. The summed E-state index contributed by atoms with van der Waals surface area (Å²) in [5.74, 6) is -0.843. The summed E-state index contributed by atoms with van der Waals surface area (Å²) < 4.78 is 29.8. The zero-order valence-corrected chi connectivity index (χ0v) is 11.0. The molecule has 18 heavy (non-hydrogen) atoms. The van der Waals surface area contributed by atoms with Crippen LogP contribution in [0, 0.1) is 5.92 Å². The van der Waals surface area contributed by atoms with Crippen molar-refractivity contribution in [3.05, 3.63) is 30.3 Å². The molecule has 0 aliphatic carbocycles. The van der Waals surface area contributed by atoms with E-state index in [0.717, 1.165) is 6.42 Å². The van der Waals surface area contributed by atoms with Gasteiger partial charge in [-0.1, -0.05) is 31.5 Å². The second-order valence-corrected chi connectivity index (χ2v) is 6.53. The monoisotopic (exact) mass is 268 g/mol. The minimum Gasteiger partial charge on any atom is -0.464 e. The molecule has 1 saturated heterocycles. The summed E-state index contributed by atoms with van der Waals surface area (Å²) in [5.41, 5.74) is 0. The maximum atomic E-state index is 12.4. The molecule has 4 nitrogen and oxygen atoms in total. The Balaban J connectivity index is 2.37. The lowest BCUT2D eigenvalue weighted by atomic mass is 10.0. The van der Waals surface area contributed by atoms with Crippen molar-refractivity contribution in [3.8, 4) is 0 Å². The first kappa shape index (κ1) is 13.1. The highest BCUT2D eigenvalue weighted by Crippen LogP contribution is 2.30. The molecule has 98 valence electrons. The molecule has 5 heteroatoms. The topological polar surface area (TPSA) is 60.4 Å². The number of esters is 1. The maximum Gasteiger partial charge on any atom is 0.325 e. The van der Waals surface area contributed by atoms with Gasteiger partial charge in [0.05, 0.1) is 11.5 Å². The van der Waals surface area contributed by atoms with Gasteiger partial charge in [0.25, 0.3) is 0 Å². The van der Waals surface area contributed by atoms with Gasteiger partial charge in [0.1, 0.15) is 0 Å². The summed E-state index contributed by atoms with van der Waals surface area (Å²) in [4.78, 5) is 11.9. The summed E-state index contributed by atoms with van der Waals surface area (Å²) in [7, 11) is -3.63. The fourth-order valence-corrected chi connectivity index (χ4v) is 4.17. The SMILES string of the molecule is CCC[C@H]1COC(=O)C1S(=O)(=O)c1ccccc1. The van der Waals surface area contributed by atoms with Crippen molar-refractivity contribution in [2.24, 2.45) is 5.92 Å². The van der Waals surface area contributed by atoms with E-state index in [9.17, 15) is 13.2 Å². The fraction of sp³-hybridized carbons (Fsp3) is 0.462. The van der Waals surface area contributed by atoms with Crippen LogP contribution in [0.3, 0.4) is 0 Å². The number of hydrogen-bond acceptors (Lipinski definition) is 4. The van der Waals surface area contributed by atoms with Crippen molar-refractivity contribution in [1.82, 2.24) is 0 Å². The van der Waals surface area contributed by atoms with Crippen LogP contribution in [-0.2, 0) is 19.4 Å². The van der Waals surface area contributed by atoms with Gasteiger partial charge in [-0.25, -0.2) is 8.42 Å². The number of carbonyl (C=O) groups excluding carboxylic acids is 1. The Morgan fingerprint density at radius 3 is 2.56 bits per heavy atom. The summed E-state index contributed by atoms with van der Waals surface area (Å²) in [6, 6.07) is 8.09. The summed E-state index contributed by atoms with van der Waals surface area (Å²) >= 11 is 0. The van der Waals surface area contributed by atoms with E-state index in [1.165, 1.54) is 12.1 Å². The van der Waals surface area contributed by atoms with Crippen LogP contribution in [0.25, 0.3) is 0 Å². The van der Waals surface area contributed by atoms with Gasteiger partial charge in [-0.2, -0.15) is 0 Å². The van der Waals surface area contributed by atoms with E-state index >= 15 is 0 Å². The van der Waals surface area contributed by atoms with E-state index in [2.05, 4.69) is 0 Å². The van der Waals surface area contributed by atoms with Crippen LogP contribution in [0.4, 0.5) is 0 Å². The van der Waals surface area contributed by atoms with Crippen molar-refractivity contribution < 1.29 is 17.9 Å². The van der Waals surface area contributed by atoms with Crippen LogP contribution in [0.5, 0.6) is 0 Å². The largest absolute Gasteiger partial charge is 0.464 e. The number of sulfone groups is 1. The van der Waals surface area contributed by atoms with Gasteiger partial charge in [-0.3, -0.25) is 4.79 Å². The molecule has 2 rings (SSSR count). The first-order valence-electron chi connectivity index (χ1n) is 6.03. The standard InChI is InChI=1S/C13H16O4S/c1-2-6-10-9-17-13(14)12(10)18(15,16)11-7-4-3-5-8-11/h3-5,7-8,10,12H,2,6,9H2,1H3/t10-,12?/m0/s1. The molecule has 2 atom stereocenters. The van der Waals surface area contributed by atoms with Crippen LogP contribution in [0.1, 0.15) is 19.8 Å². The zero-order valence-electron chi connectivity index (χ0n) is 10.2. The normalized spacial score (nSPS) is 23.9. The molecular weight excluding hydrogens is 252 g/mol. The number of carbonyl (C=O) groups is 1. The Morgan fingerprint density at radius 1 is 1.28 bits per heavy atom. The number of ether oxygens (including phenoxy) is 1. The lowest BCUT2D eigenvalue weighted by molar-refractivity contribution is -0.137. The molecule has 1 unspecified atom stereocenters. The molecule has 0 spiro atoms. The van der Waals surface area contributed by atoms with Gasteiger partial charge in [-0.15, -0.1) is 0 Å². The smallest absolute Gasteiger partial charge is 0.325 e. The minimum atomic E-state index is -3.63. The fourth-order valence-electron chi connectivity index (χ4n) is 2.29. The summed E-state index contributed by atoms with van der Waals surface area (Å²) in [5, 5.41) is -1.04. The van der Waals surface area contributed by atoms with Crippen molar-refractivity contribution in [3.63, 3.8) is 0 Å². The van der Waals surface area contributed by atoms with Gasteiger partial charge in [0, 0.05) is 5.92 Å². The van der Waals surface area contributed by atoms with Gasteiger partial charge >= 0.3 is 5.97 Å². The Morgan fingerprint density at radius 2 is 1.94 bits per heavy atom. The predicted octanol–water partition coefficient (Wildman–Crippen LogP) is 1.80. The number of rotatable bonds is 4. The molecular formula is C13H16O4S. The van der Waals surface area contributed by atoms with Crippen LogP contribution >= 0.6 is 0 Å².